The highest BCUT2D eigenvalue weighted by Gasteiger charge is 2.26. The zero-order chi connectivity index (χ0) is 30.3. The molecule has 40 heavy (non-hydrogen) atoms. The predicted octanol–water partition coefficient (Wildman–Crippen LogP) is 9.61. The lowest BCUT2D eigenvalue weighted by atomic mass is 9.79. The molecule has 0 bridgehead atoms. The Morgan fingerprint density at radius 1 is 0.525 bits per heavy atom. The van der Waals surface area contributed by atoms with Crippen molar-refractivity contribution in [2.24, 2.45) is 9.98 Å². The molecule has 0 saturated heterocycles. The summed E-state index contributed by atoms with van der Waals surface area (Å²) in [6.45, 7) is 25.9. The minimum absolute atomic E-state index is 0.0502. The zero-order valence-corrected chi connectivity index (χ0v) is 27.1. The van der Waals surface area contributed by atoms with Gasteiger partial charge in [0, 0.05) is 34.7 Å². The van der Waals surface area contributed by atoms with Crippen molar-refractivity contribution in [2.75, 3.05) is 0 Å². The van der Waals surface area contributed by atoms with Gasteiger partial charge in [0.1, 0.15) is 11.5 Å². The fourth-order valence-electron chi connectivity index (χ4n) is 4.97. The Kier molecular flexibility index (Phi) is 8.85. The van der Waals surface area contributed by atoms with Gasteiger partial charge in [-0.25, -0.2) is 0 Å². The minimum Gasteiger partial charge on any atom is -0.507 e. The maximum absolute atomic E-state index is 11.2. The first-order valence-electron chi connectivity index (χ1n) is 14.8. The highest BCUT2D eigenvalue weighted by atomic mass is 16.3. The van der Waals surface area contributed by atoms with Gasteiger partial charge < -0.3 is 10.2 Å². The van der Waals surface area contributed by atoms with E-state index in [0.717, 1.165) is 59.3 Å². The topological polar surface area (TPSA) is 65.2 Å². The first-order chi connectivity index (χ1) is 18.2. The van der Waals surface area contributed by atoms with Crippen LogP contribution in [0.2, 0.25) is 0 Å². The fourth-order valence-corrected chi connectivity index (χ4v) is 4.97. The highest BCUT2D eigenvalue weighted by Crippen LogP contribution is 2.39. The van der Waals surface area contributed by atoms with Crippen molar-refractivity contribution >= 4 is 12.4 Å². The average molecular weight is 545 g/mol. The van der Waals surface area contributed by atoms with Crippen LogP contribution in [0.5, 0.6) is 11.5 Å². The molecule has 0 saturated carbocycles. The summed E-state index contributed by atoms with van der Waals surface area (Å²) in [5.41, 5.74) is 7.11. The maximum Gasteiger partial charge on any atom is 0.128 e. The molecule has 0 heterocycles. The average Bonchev–Trinajstić information content (AvgIpc) is 2.80. The molecule has 0 atom stereocenters. The zero-order valence-electron chi connectivity index (χ0n) is 27.1. The van der Waals surface area contributed by atoms with Crippen LogP contribution in [0.15, 0.2) is 45.6 Å². The molecule has 4 nitrogen and oxygen atoms in total. The number of phenolic OH excluding ortho intramolecular Hbond substituents is 2. The smallest absolute Gasteiger partial charge is 0.128 e. The molecule has 4 heteroatoms. The Balaban J connectivity index is 2.09. The van der Waals surface area contributed by atoms with Crippen molar-refractivity contribution in [3.63, 3.8) is 0 Å². The Hall–Kier alpha value is -2.88. The van der Waals surface area contributed by atoms with Crippen LogP contribution in [-0.2, 0) is 21.7 Å². The molecular formula is C36H52N2O2. The quantitative estimate of drug-likeness (QED) is 0.376. The van der Waals surface area contributed by atoms with Crippen LogP contribution in [-0.4, -0.2) is 22.6 Å². The van der Waals surface area contributed by atoms with Crippen molar-refractivity contribution in [1.29, 1.82) is 0 Å². The third kappa shape index (κ3) is 7.44. The van der Waals surface area contributed by atoms with Gasteiger partial charge in [0.2, 0.25) is 0 Å². The Morgan fingerprint density at radius 2 is 0.850 bits per heavy atom. The number of hydrogen-bond donors (Lipinski definition) is 2. The lowest BCUT2D eigenvalue weighted by molar-refractivity contribution is 0.443. The first-order valence-corrected chi connectivity index (χ1v) is 14.8. The highest BCUT2D eigenvalue weighted by molar-refractivity contribution is 5.87. The summed E-state index contributed by atoms with van der Waals surface area (Å²) in [5, 5.41) is 22.4. The van der Waals surface area contributed by atoms with Gasteiger partial charge in [0.15, 0.2) is 0 Å². The Bertz CT molecular complexity index is 1230. The predicted molar refractivity (Wildman–Crippen MR) is 172 cm³/mol. The molecule has 2 N–H and O–H groups in total. The van der Waals surface area contributed by atoms with Crippen molar-refractivity contribution in [1.82, 2.24) is 0 Å². The number of aromatic hydroxyl groups is 2. The van der Waals surface area contributed by atoms with E-state index in [2.05, 4.69) is 107 Å². The molecule has 0 aromatic heterocycles. The monoisotopic (exact) mass is 544 g/mol. The second kappa shape index (κ2) is 11.2. The number of nitrogens with zero attached hydrogens (tertiary/aromatic N) is 2. The van der Waals surface area contributed by atoms with Gasteiger partial charge in [-0.05, 0) is 70.6 Å². The SMILES string of the molecule is CC(C)(C)c1cc(C=NC2=C(N=Cc3cc(C(C)(C)C)cc(C(C)(C)C)c3O)CCCC2)c(O)c(C(C)(C)C)c1. The van der Waals surface area contributed by atoms with E-state index < -0.39 is 0 Å². The summed E-state index contributed by atoms with van der Waals surface area (Å²) in [7, 11) is 0. The van der Waals surface area contributed by atoms with Crippen LogP contribution in [0.3, 0.4) is 0 Å². The maximum atomic E-state index is 11.2. The summed E-state index contributed by atoms with van der Waals surface area (Å²) >= 11 is 0. The van der Waals surface area contributed by atoms with E-state index >= 15 is 0 Å². The minimum atomic E-state index is -0.191. The molecule has 0 aliphatic heterocycles. The number of allylic oxidation sites excluding steroid dienone is 2. The van der Waals surface area contributed by atoms with Gasteiger partial charge in [0.25, 0.3) is 0 Å². The second-order valence-electron chi connectivity index (χ2n) is 15.5. The van der Waals surface area contributed by atoms with Gasteiger partial charge in [-0.1, -0.05) is 95.2 Å². The number of benzene rings is 2. The van der Waals surface area contributed by atoms with E-state index in [0.29, 0.717) is 11.5 Å². The molecule has 3 rings (SSSR count). The number of aliphatic imine (C=N–C) groups is 2. The lowest BCUT2D eigenvalue weighted by Crippen LogP contribution is -2.17. The number of phenols is 2. The summed E-state index contributed by atoms with van der Waals surface area (Å²) in [4.78, 5) is 9.82. The van der Waals surface area contributed by atoms with E-state index in [1.54, 1.807) is 0 Å². The van der Waals surface area contributed by atoms with Crippen LogP contribution < -0.4 is 0 Å². The number of rotatable bonds is 4. The molecule has 0 spiro atoms. The van der Waals surface area contributed by atoms with E-state index in [4.69, 9.17) is 9.98 Å². The lowest BCUT2D eigenvalue weighted by Gasteiger charge is -2.27. The van der Waals surface area contributed by atoms with E-state index in [9.17, 15) is 10.2 Å². The van der Waals surface area contributed by atoms with Crippen LogP contribution in [0.4, 0.5) is 0 Å². The molecular weight excluding hydrogens is 492 g/mol. The van der Waals surface area contributed by atoms with Gasteiger partial charge in [-0.2, -0.15) is 0 Å². The summed E-state index contributed by atoms with van der Waals surface area (Å²) in [6, 6.07) is 8.38. The molecule has 2 aromatic carbocycles. The van der Waals surface area contributed by atoms with Crippen LogP contribution in [0.25, 0.3) is 0 Å². The fraction of sp³-hybridized carbons (Fsp3) is 0.556. The Labute approximate surface area is 243 Å². The molecule has 1 aliphatic carbocycles. The molecule has 0 fully saturated rings. The third-order valence-electron chi connectivity index (χ3n) is 7.76. The molecule has 0 amide bonds. The van der Waals surface area contributed by atoms with E-state index in [-0.39, 0.29) is 21.7 Å². The first kappa shape index (κ1) is 31.6. The van der Waals surface area contributed by atoms with Gasteiger partial charge in [-0.15, -0.1) is 0 Å². The van der Waals surface area contributed by atoms with E-state index in [1.165, 1.54) is 11.1 Å². The van der Waals surface area contributed by atoms with Gasteiger partial charge in [0.05, 0.1) is 11.4 Å². The molecule has 218 valence electrons. The second-order valence-corrected chi connectivity index (χ2v) is 15.5. The molecule has 0 unspecified atom stereocenters. The summed E-state index contributed by atoms with van der Waals surface area (Å²) in [6.07, 6.45) is 7.43. The Morgan fingerprint density at radius 3 is 1.12 bits per heavy atom. The van der Waals surface area contributed by atoms with Gasteiger partial charge in [-0.3, -0.25) is 9.98 Å². The van der Waals surface area contributed by atoms with Crippen molar-refractivity contribution in [3.05, 3.63) is 69.0 Å². The van der Waals surface area contributed by atoms with Crippen LogP contribution >= 0.6 is 0 Å². The van der Waals surface area contributed by atoms with Crippen molar-refractivity contribution in [3.8, 4) is 11.5 Å². The number of hydrogen-bond acceptors (Lipinski definition) is 4. The summed E-state index contributed by atoms with van der Waals surface area (Å²) in [5.74, 6) is 0.591. The third-order valence-corrected chi connectivity index (χ3v) is 7.76. The largest absolute Gasteiger partial charge is 0.507 e. The van der Waals surface area contributed by atoms with Crippen LogP contribution in [0, 0.1) is 0 Å². The van der Waals surface area contributed by atoms with Gasteiger partial charge >= 0.3 is 0 Å². The molecule has 0 radical (unpaired) electrons. The molecule has 2 aromatic rings. The normalized spacial score (nSPS) is 16.0. The standard InChI is InChI=1S/C36H52N2O2/c1-33(2,3)25-17-23(31(39)27(19-25)35(7,8)9)21-37-29-15-13-14-16-30(29)38-22-24-18-26(34(4,5)6)20-28(32(24)40)36(10,11)12/h17-22,39-40H,13-16H2,1-12H3. The van der Waals surface area contributed by atoms with Crippen LogP contribution in [0.1, 0.15) is 142 Å². The van der Waals surface area contributed by atoms with Crippen molar-refractivity contribution < 1.29 is 10.2 Å². The summed E-state index contributed by atoms with van der Waals surface area (Å²) < 4.78 is 0. The van der Waals surface area contributed by atoms with Crippen molar-refractivity contribution in [2.45, 2.75) is 130 Å². The van der Waals surface area contributed by atoms with E-state index in [1.807, 2.05) is 12.4 Å². The molecule has 1 aliphatic rings.